The number of ketones is 2. The van der Waals surface area contributed by atoms with Gasteiger partial charge in [0.15, 0.2) is 5.78 Å². The van der Waals surface area contributed by atoms with E-state index >= 15 is 0 Å². The standard InChI is InChI=1S/C25H37N3O7/c1-17(29)15-21(18(2)30)27-22(31)20(28-24(33)35-25(3,4)5)13-9-10-14-26-23(32)34-16-19-11-7-6-8-12-19/h6-8,11-12,20-21H,9-10,13-16H2,1-5H3,(H,26,32)(H,27,31)(H,28,33). The van der Waals surface area contributed by atoms with Crippen LogP contribution in [0, 0.1) is 0 Å². The molecule has 10 heteroatoms. The summed E-state index contributed by atoms with van der Waals surface area (Å²) in [4.78, 5) is 60.1. The molecule has 10 nitrogen and oxygen atoms in total. The minimum atomic E-state index is -0.983. The normalized spacial score (nSPS) is 12.6. The second-order valence-corrected chi connectivity index (χ2v) is 9.26. The average Bonchev–Trinajstić information content (AvgIpc) is 2.75. The van der Waals surface area contributed by atoms with Gasteiger partial charge in [-0.2, -0.15) is 0 Å². The predicted molar refractivity (Wildman–Crippen MR) is 130 cm³/mol. The summed E-state index contributed by atoms with van der Waals surface area (Å²) in [6.45, 7) is 8.18. The summed E-state index contributed by atoms with van der Waals surface area (Å²) >= 11 is 0. The van der Waals surface area contributed by atoms with Crippen molar-refractivity contribution in [2.75, 3.05) is 6.54 Å². The third kappa shape index (κ3) is 13.8. The number of hydrogen-bond donors (Lipinski definition) is 3. The van der Waals surface area contributed by atoms with Crippen LogP contribution in [0.3, 0.4) is 0 Å². The van der Waals surface area contributed by atoms with Crippen molar-refractivity contribution < 1.29 is 33.4 Å². The van der Waals surface area contributed by atoms with E-state index in [1.807, 2.05) is 30.3 Å². The summed E-state index contributed by atoms with van der Waals surface area (Å²) in [6.07, 6.45) is -0.227. The lowest BCUT2D eigenvalue weighted by molar-refractivity contribution is -0.130. The summed E-state index contributed by atoms with van der Waals surface area (Å²) in [5.41, 5.74) is 0.115. The second-order valence-electron chi connectivity index (χ2n) is 9.26. The van der Waals surface area contributed by atoms with Crippen LogP contribution in [0.1, 0.15) is 65.9 Å². The van der Waals surface area contributed by atoms with Crippen LogP contribution in [0.2, 0.25) is 0 Å². The molecule has 0 saturated carbocycles. The van der Waals surface area contributed by atoms with Crippen LogP contribution in [0.15, 0.2) is 30.3 Å². The summed E-state index contributed by atoms with van der Waals surface area (Å²) in [5.74, 6) is -1.19. The highest BCUT2D eigenvalue weighted by Crippen LogP contribution is 2.09. The third-order valence-electron chi connectivity index (χ3n) is 4.71. The maximum Gasteiger partial charge on any atom is 0.408 e. The van der Waals surface area contributed by atoms with E-state index in [4.69, 9.17) is 9.47 Å². The fraction of sp³-hybridized carbons (Fsp3) is 0.560. The smallest absolute Gasteiger partial charge is 0.408 e. The van der Waals surface area contributed by atoms with Gasteiger partial charge in [0, 0.05) is 13.0 Å². The van der Waals surface area contributed by atoms with Gasteiger partial charge in [0.25, 0.3) is 0 Å². The molecule has 0 bridgehead atoms. The van der Waals surface area contributed by atoms with Crippen LogP contribution >= 0.6 is 0 Å². The minimum absolute atomic E-state index is 0.130. The van der Waals surface area contributed by atoms with E-state index in [0.29, 0.717) is 19.4 Å². The molecule has 1 aromatic rings. The number of amides is 3. The molecule has 0 aliphatic carbocycles. The molecule has 0 aliphatic heterocycles. The van der Waals surface area contributed by atoms with Crippen molar-refractivity contribution >= 4 is 29.7 Å². The summed E-state index contributed by atoms with van der Waals surface area (Å²) in [6, 6.07) is 7.33. The van der Waals surface area contributed by atoms with Crippen LogP contribution in [0.4, 0.5) is 9.59 Å². The Labute approximate surface area is 206 Å². The monoisotopic (exact) mass is 491 g/mol. The zero-order valence-corrected chi connectivity index (χ0v) is 21.1. The van der Waals surface area contributed by atoms with Crippen molar-refractivity contribution in [3.63, 3.8) is 0 Å². The second kappa shape index (κ2) is 14.7. The lowest BCUT2D eigenvalue weighted by atomic mass is 10.0. The van der Waals surface area contributed by atoms with Crippen molar-refractivity contribution in [1.82, 2.24) is 16.0 Å². The molecule has 2 atom stereocenters. The van der Waals surface area contributed by atoms with Crippen LogP contribution in [-0.4, -0.2) is 53.9 Å². The molecule has 0 aliphatic rings. The predicted octanol–water partition coefficient (Wildman–Crippen LogP) is 3.03. The van der Waals surface area contributed by atoms with Crippen molar-refractivity contribution in [3.8, 4) is 0 Å². The molecule has 194 valence electrons. The molecule has 1 aromatic carbocycles. The number of ether oxygens (including phenoxy) is 2. The van der Waals surface area contributed by atoms with Crippen LogP contribution in [0.25, 0.3) is 0 Å². The topological polar surface area (TPSA) is 140 Å². The van der Waals surface area contributed by atoms with Crippen LogP contribution in [0.5, 0.6) is 0 Å². The molecule has 0 saturated heterocycles. The van der Waals surface area contributed by atoms with E-state index < -0.39 is 35.8 Å². The van der Waals surface area contributed by atoms with Crippen LogP contribution in [-0.2, 0) is 30.5 Å². The Morgan fingerprint density at radius 2 is 1.54 bits per heavy atom. The van der Waals surface area contributed by atoms with E-state index in [9.17, 15) is 24.0 Å². The van der Waals surface area contributed by atoms with E-state index in [1.165, 1.54) is 13.8 Å². The first kappa shape index (κ1) is 29.6. The number of benzene rings is 1. The van der Waals surface area contributed by atoms with Crippen molar-refractivity contribution in [2.45, 2.75) is 84.6 Å². The molecule has 35 heavy (non-hydrogen) atoms. The van der Waals surface area contributed by atoms with E-state index in [0.717, 1.165) is 5.56 Å². The quantitative estimate of drug-likeness (QED) is 0.360. The van der Waals surface area contributed by atoms with Gasteiger partial charge in [0.1, 0.15) is 24.0 Å². The van der Waals surface area contributed by atoms with Gasteiger partial charge in [0.2, 0.25) is 5.91 Å². The lowest BCUT2D eigenvalue weighted by Crippen LogP contribution is -2.52. The fourth-order valence-electron chi connectivity index (χ4n) is 3.01. The number of unbranched alkanes of at least 4 members (excludes halogenated alkanes) is 1. The van der Waals surface area contributed by atoms with Gasteiger partial charge in [-0.1, -0.05) is 30.3 Å². The third-order valence-corrected chi connectivity index (χ3v) is 4.71. The molecule has 0 heterocycles. The van der Waals surface area contributed by atoms with Gasteiger partial charge >= 0.3 is 12.2 Å². The Bertz CT molecular complexity index is 866. The van der Waals surface area contributed by atoms with Gasteiger partial charge in [-0.25, -0.2) is 9.59 Å². The highest BCUT2D eigenvalue weighted by atomic mass is 16.6. The fourth-order valence-corrected chi connectivity index (χ4v) is 3.01. The number of hydrogen-bond acceptors (Lipinski definition) is 7. The maximum absolute atomic E-state index is 12.8. The van der Waals surface area contributed by atoms with Crippen molar-refractivity contribution in [2.24, 2.45) is 0 Å². The molecular weight excluding hydrogens is 454 g/mol. The first-order valence-corrected chi connectivity index (χ1v) is 11.6. The summed E-state index contributed by atoms with van der Waals surface area (Å²) in [7, 11) is 0. The lowest BCUT2D eigenvalue weighted by Gasteiger charge is -2.24. The van der Waals surface area contributed by atoms with Gasteiger partial charge in [-0.15, -0.1) is 0 Å². The number of carbonyl (C=O) groups is 5. The zero-order chi connectivity index (χ0) is 26.4. The number of alkyl carbamates (subject to hydrolysis) is 2. The molecular formula is C25H37N3O7. The number of Topliss-reactive ketones (excluding diaryl/α,β-unsaturated/α-hetero) is 2. The van der Waals surface area contributed by atoms with Crippen LogP contribution < -0.4 is 16.0 Å². The Hall–Kier alpha value is -3.43. The molecule has 2 unspecified atom stereocenters. The Morgan fingerprint density at radius 3 is 2.11 bits per heavy atom. The first-order chi connectivity index (χ1) is 16.4. The van der Waals surface area contributed by atoms with Crippen molar-refractivity contribution in [1.29, 1.82) is 0 Å². The Balaban J connectivity index is 2.58. The highest BCUT2D eigenvalue weighted by Gasteiger charge is 2.27. The van der Waals surface area contributed by atoms with Gasteiger partial charge in [-0.05, 0) is 59.4 Å². The molecule has 0 spiro atoms. The zero-order valence-electron chi connectivity index (χ0n) is 21.1. The molecule has 0 radical (unpaired) electrons. The molecule has 0 fully saturated rings. The largest absolute Gasteiger partial charge is 0.445 e. The first-order valence-electron chi connectivity index (χ1n) is 11.6. The number of rotatable bonds is 13. The Morgan fingerprint density at radius 1 is 0.886 bits per heavy atom. The SMILES string of the molecule is CC(=O)CC(NC(=O)C(CCCCNC(=O)OCc1ccccc1)NC(=O)OC(C)(C)C)C(C)=O. The molecule has 3 N–H and O–H groups in total. The number of carbonyl (C=O) groups excluding carboxylic acids is 5. The average molecular weight is 492 g/mol. The van der Waals surface area contributed by atoms with E-state index in [-0.39, 0.29) is 31.0 Å². The maximum atomic E-state index is 12.8. The molecule has 0 aromatic heterocycles. The summed E-state index contributed by atoms with van der Waals surface area (Å²) in [5, 5.41) is 7.71. The molecule has 3 amide bonds. The van der Waals surface area contributed by atoms with Gasteiger partial charge in [0.05, 0.1) is 6.04 Å². The number of nitrogens with one attached hydrogen (secondary N) is 3. The highest BCUT2D eigenvalue weighted by molar-refractivity contribution is 5.94. The van der Waals surface area contributed by atoms with E-state index in [2.05, 4.69) is 16.0 Å². The van der Waals surface area contributed by atoms with Gasteiger partial charge in [-0.3, -0.25) is 14.4 Å². The summed E-state index contributed by atoms with van der Waals surface area (Å²) < 4.78 is 10.4. The van der Waals surface area contributed by atoms with E-state index in [1.54, 1.807) is 20.8 Å². The van der Waals surface area contributed by atoms with Gasteiger partial charge < -0.3 is 25.4 Å². The van der Waals surface area contributed by atoms with Crippen molar-refractivity contribution in [3.05, 3.63) is 35.9 Å². The Kier molecular flexibility index (Phi) is 12.5. The molecule has 1 rings (SSSR count). The minimum Gasteiger partial charge on any atom is -0.445 e.